The van der Waals surface area contributed by atoms with Gasteiger partial charge in [-0.1, -0.05) is 0 Å². The van der Waals surface area contributed by atoms with Gasteiger partial charge in [-0.05, 0) is 0 Å². The number of halogens is 1. The van der Waals surface area contributed by atoms with Gasteiger partial charge < -0.3 is 0 Å². The van der Waals surface area contributed by atoms with E-state index in [2.05, 4.69) is 141 Å². The number of benzene rings is 4. The Morgan fingerprint density at radius 2 is 0.821 bits per heavy atom. The Morgan fingerprint density at radius 1 is 0.487 bits per heavy atom. The molecule has 14 rings (SSSR count). The maximum atomic E-state index is 4.56. The molecule has 0 aliphatic carbocycles. The zero-order valence-electron chi connectivity index (χ0n) is 21.1. The molecule has 1 spiro atoms. The Labute approximate surface area is 239 Å². The zero-order chi connectivity index (χ0) is 24.5. The standard InChI is InChI=1S/C29H22P2.C5H5.ClH.Fe.Pd/c1-5-14-24(15-6-1)30(25-16-7-2-8-17-25)28-22-13-23-29(28)31(26-18-9-3-10-19-26)27-20-11-4-12-21-27;1-2-4-5-3-1;;;/h1-22H;1-5H;1H;;. The van der Waals surface area contributed by atoms with Crippen molar-refractivity contribution in [2.24, 2.45) is 0 Å². The summed E-state index contributed by atoms with van der Waals surface area (Å²) in [6, 6.07) is 48.0. The second-order valence-corrected chi connectivity index (χ2v) is 46.0. The van der Waals surface area contributed by atoms with Crippen LogP contribution in [0.4, 0.5) is 0 Å². The van der Waals surface area contributed by atoms with E-state index in [1.54, 1.807) is 21.2 Å². The molecule has 5 heteroatoms. The Balaban J connectivity index is 0.00000186. The number of rotatable bonds is 6. The summed E-state index contributed by atoms with van der Waals surface area (Å²) in [5.41, 5.74) is 0. The molecule has 10 aliphatic rings. The molecule has 10 aliphatic heterocycles. The second kappa shape index (κ2) is 3.32. The van der Waals surface area contributed by atoms with Crippen molar-refractivity contribution >= 4 is 49.5 Å². The van der Waals surface area contributed by atoms with E-state index in [1.807, 2.05) is 0 Å². The number of hydrogen-bond acceptors (Lipinski definition) is 0. The Kier molecular flexibility index (Phi) is 1.79. The topological polar surface area (TPSA) is 0 Å². The molecule has 39 heavy (non-hydrogen) atoms. The van der Waals surface area contributed by atoms with Crippen molar-refractivity contribution in [3.05, 3.63) is 121 Å². The average molecular weight is 696 g/mol. The number of hydrogen-bond donors (Lipinski definition) is 0. The van der Waals surface area contributed by atoms with Crippen molar-refractivity contribution in [1.29, 1.82) is 0 Å². The quantitative estimate of drug-likeness (QED) is 0.143. The first-order chi connectivity index (χ1) is 18.5. The first kappa shape index (κ1) is 21.0. The molecular formula is C34H28ClFeP2Pd. The van der Waals surface area contributed by atoms with Crippen molar-refractivity contribution in [2.75, 3.05) is 0 Å². The van der Waals surface area contributed by atoms with Gasteiger partial charge >= 0.3 is 229 Å². The fraction of sp³-hybridized carbons (Fsp3) is 0.294. The van der Waals surface area contributed by atoms with Crippen LogP contribution in [0.1, 0.15) is 0 Å². The number of fused-ring (bicyclic) bond motifs is 10. The predicted molar refractivity (Wildman–Crippen MR) is 160 cm³/mol. The predicted octanol–water partition coefficient (Wildman–Crippen LogP) is 7.75. The zero-order valence-corrected chi connectivity index (χ0v) is 26.3. The summed E-state index contributed by atoms with van der Waals surface area (Å²) in [6.07, 6.45) is 0. The van der Waals surface area contributed by atoms with Crippen LogP contribution in [0.5, 0.6) is 0 Å². The van der Waals surface area contributed by atoms with Crippen molar-refractivity contribution < 1.29 is 25.7 Å². The molecule has 4 aromatic carbocycles. The minimum atomic E-state index is -4.05. The molecule has 0 nitrogen and oxygen atoms in total. The summed E-state index contributed by atoms with van der Waals surface area (Å²) in [5.74, 6) is 0. The van der Waals surface area contributed by atoms with Gasteiger partial charge in [-0.25, -0.2) is 0 Å². The summed E-state index contributed by atoms with van der Waals surface area (Å²) in [5, 5.41) is 6.75. The van der Waals surface area contributed by atoms with E-state index in [1.165, 1.54) is 33.7 Å². The third-order valence-corrected chi connectivity index (χ3v) is 83.4. The average Bonchev–Trinajstić information content (AvgIpc) is 3.94. The van der Waals surface area contributed by atoms with Crippen molar-refractivity contribution in [3.8, 4) is 0 Å². The molecule has 10 heterocycles. The first-order valence-corrected chi connectivity index (χ1v) is 23.8. The second-order valence-electron chi connectivity index (χ2n) is 15.6. The van der Waals surface area contributed by atoms with Gasteiger partial charge in [0, 0.05) is 0 Å². The van der Waals surface area contributed by atoms with Gasteiger partial charge in [-0.15, -0.1) is 12.4 Å². The molecule has 199 valence electrons. The summed E-state index contributed by atoms with van der Waals surface area (Å²) in [6.45, 7) is -4.05. The van der Waals surface area contributed by atoms with Crippen molar-refractivity contribution in [1.82, 2.24) is 0 Å². The molecular weight excluding hydrogens is 668 g/mol. The van der Waals surface area contributed by atoms with Crippen LogP contribution in [-0.4, -0.2) is 8.11 Å². The van der Waals surface area contributed by atoms with E-state index in [9.17, 15) is 0 Å². The van der Waals surface area contributed by atoms with Crippen LogP contribution in [0.3, 0.4) is 0 Å². The van der Waals surface area contributed by atoms with Gasteiger partial charge in [0.2, 0.25) is 0 Å². The van der Waals surface area contributed by atoms with Crippen LogP contribution in [0.15, 0.2) is 121 Å². The third-order valence-electron chi connectivity index (χ3n) is 19.3. The van der Waals surface area contributed by atoms with E-state index < -0.39 is 14.4 Å². The van der Waals surface area contributed by atoms with Gasteiger partial charge in [-0.2, -0.15) is 0 Å². The fourth-order valence-corrected chi connectivity index (χ4v) is 139. The summed E-state index contributed by atoms with van der Waals surface area (Å²) < 4.78 is 1.89. The van der Waals surface area contributed by atoms with Gasteiger partial charge in [0.25, 0.3) is 0 Å². The van der Waals surface area contributed by atoms with Gasteiger partial charge in [0.15, 0.2) is 0 Å². The third kappa shape index (κ3) is 0.512. The first-order valence-electron chi connectivity index (χ1n) is 14.2. The van der Waals surface area contributed by atoms with Crippen molar-refractivity contribution in [3.63, 3.8) is 0 Å². The van der Waals surface area contributed by atoms with E-state index in [0.29, 0.717) is 10.9 Å². The molecule has 0 aromatic heterocycles. The monoisotopic (exact) mass is 695 g/mol. The van der Waals surface area contributed by atoms with E-state index in [4.69, 9.17) is 0 Å². The van der Waals surface area contributed by atoms with Crippen LogP contribution in [0.25, 0.3) is 0 Å². The molecule has 0 N–H and O–H groups in total. The van der Waals surface area contributed by atoms with Gasteiger partial charge in [0.1, 0.15) is 0 Å². The van der Waals surface area contributed by atoms with Crippen LogP contribution in [0, 0.1) is 0 Å². The molecule has 0 amide bonds. The van der Waals surface area contributed by atoms with E-state index in [0.717, 1.165) is 0 Å². The van der Waals surface area contributed by atoms with Crippen LogP contribution in [0.2, 0.25) is 36.5 Å². The molecule has 10 fully saturated rings. The van der Waals surface area contributed by atoms with Crippen molar-refractivity contribution in [2.45, 2.75) is 44.6 Å². The van der Waals surface area contributed by atoms with Crippen LogP contribution in [-0.2, 0) is 25.7 Å². The van der Waals surface area contributed by atoms with Gasteiger partial charge in [-0.3, -0.25) is 0 Å². The summed E-state index contributed by atoms with van der Waals surface area (Å²) in [7, 11) is -0.770. The summed E-state index contributed by atoms with van der Waals surface area (Å²) in [4.78, 5) is 8.45. The normalized spacial score (nSPS) is 62.1. The van der Waals surface area contributed by atoms with Crippen LogP contribution < -0.4 is 21.2 Å². The SMILES string of the molecule is Cl.[Pd][C]12[CH]3[CH]4[C]5(P(c6ccccc6)c6ccccc6)[C]1(P(c1ccccc1)c1ccccc1)[Fe]34251678[CH]2[CH]1[CH]6[CH]7[CH]28. The van der Waals surface area contributed by atoms with Gasteiger partial charge in [0.05, 0.1) is 0 Å². The molecule has 0 radical (unpaired) electrons. The molecule has 4 aromatic rings. The maximum absolute atomic E-state index is 4.56. The molecule has 10 saturated heterocycles. The van der Waals surface area contributed by atoms with Crippen LogP contribution >= 0.6 is 28.3 Å². The van der Waals surface area contributed by atoms with E-state index >= 15 is 0 Å². The molecule has 0 saturated carbocycles. The molecule has 5 atom stereocenters. The molecule has 5 unspecified atom stereocenters. The Bertz CT molecular complexity index is 2130. The Morgan fingerprint density at radius 3 is 1.13 bits per heavy atom. The molecule has 0 bridgehead atoms. The Hall–Kier alpha value is -0.788. The minimum absolute atomic E-state index is 0. The van der Waals surface area contributed by atoms with E-state index in [-0.39, 0.29) is 20.3 Å². The summed E-state index contributed by atoms with van der Waals surface area (Å²) >= 11 is 4.56. The fourth-order valence-electron chi connectivity index (χ4n) is 20.8.